The average Bonchev–Trinajstić information content (AvgIpc) is 2.62. The van der Waals surface area contributed by atoms with Gasteiger partial charge in [-0.3, -0.25) is 0 Å². The molecule has 4 aliphatic rings. The molecule has 25 heavy (non-hydrogen) atoms. The van der Waals surface area contributed by atoms with Crippen molar-refractivity contribution in [3.05, 3.63) is 12.2 Å². The lowest BCUT2D eigenvalue weighted by atomic mass is 9.27. The number of rotatable bonds is 9. The fraction of sp³-hybridized carbons (Fsp3) is 0.917. The van der Waals surface area contributed by atoms with Crippen molar-refractivity contribution in [1.29, 1.82) is 0 Å². The quantitative estimate of drug-likeness (QED) is 0.227. The minimum Gasteiger partial charge on any atom is -0.0883 e. The summed E-state index contributed by atoms with van der Waals surface area (Å²) >= 11 is 0. The van der Waals surface area contributed by atoms with Crippen molar-refractivity contribution in [3.8, 4) is 0 Å². The molecule has 4 rings (SSSR count). The Morgan fingerprint density at radius 2 is 1.92 bits per heavy atom. The smallest absolute Gasteiger partial charge is 0.0883 e. The van der Waals surface area contributed by atoms with Gasteiger partial charge in [0.1, 0.15) is 6.71 Å². The van der Waals surface area contributed by atoms with Crippen LogP contribution < -0.4 is 0 Å². The lowest BCUT2D eigenvalue weighted by molar-refractivity contribution is -0.0992. The van der Waals surface area contributed by atoms with E-state index < -0.39 is 0 Å². The summed E-state index contributed by atoms with van der Waals surface area (Å²) in [6.07, 6.45) is 22.6. The van der Waals surface area contributed by atoms with Crippen molar-refractivity contribution in [2.24, 2.45) is 29.1 Å². The Morgan fingerprint density at radius 1 is 1.08 bits per heavy atom. The Labute approximate surface area is 158 Å². The van der Waals surface area contributed by atoms with Crippen LogP contribution in [0.5, 0.6) is 0 Å². The van der Waals surface area contributed by atoms with Crippen LogP contribution in [0.2, 0.25) is 18.5 Å². The van der Waals surface area contributed by atoms with Crippen LogP contribution in [0.4, 0.5) is 0 Å². The van der Waals surface area contributed by atoms with Gasteiger partial charge in [-0.25, -0.2) is 0 Å². The van der Waals surface area contributed by atoms with Gasteiger partial charge in [-0.1, -0.05) is 96.8 Å². The molecule has 0 radical (unpaired) electrons. The molecular weight excluding hydrogens is 299 g/mol. The van der Waals surface area contributed by atoms with E-state index in [4.69, 9.17) is 0 Å². The third-order valence-corrected chi connectivity index (χ3v) is 8.71. The van der Waals surface area contributed by atoms with Crippen LogP contribution in [0.25, 0.3) is 0 Å². The van der Waals surface area contributed by atoms with Gasteiger partial charge in [-0.05, 0) is 54.8 Å². The molecule has 0 amide bonds. The van der Waals surface area contributed by atoms with E-state index in [1.165, 1.54) is 64.0 Å². The predicted octanol–water partition coefficient (Wildman–Crippen LogP) is 7.88. The fourth-order valence-corrected chi connectivity index (χ4v) is 6.77. The second-order valence-electron chi connectivity index (χ2n) is 10.4. The summed E-state index contributed by atoms with van der Waals surface area (Å²) in [5.41, 5.74) is 0.648. The highest BCUT2D eigenvalue weighted by Crippen LogP contribution is 2.65. The number of hydrogen-bond acceptors (Lipinski definition) is 0. The Morgan fingerprint density at radius 3 is 2.56 bits per heavy atom. The van der Waals surface area contributed by atoms with Crippen molar-refractivity contribution in [3.63, 3.8) is 0 Å². The lowest BCUT2D eigenvalue weighted by Gasteiger charge is -2.63. The van der Waals surface area contributed by atoms with Crippen LogP contribution in [0.15, 0.2) is 12.2 Å². The molecule has 5 atom stereocenters. The zero-order valence-electron chi connectivity index (χ0n) is 17.6. The first-order chi connectivity index (χ1) is 12.0. The first-order valence-electron chi connectivity index (χ1n) is 11.7. The summed E-state index contributed by atoms with van der Waals surface area (Å²) in [6.45, 7) is 11.1. The summed E-state index contributed by atoms with van der Waals surface area (Å²) in [5, 5.41) is 0. The van der Waals surface area contributed by atoms with Crippen LogP contribution in [0.1, 0.15) is 91.9 Å². The molecule has 2 bridgehead atoms. The van der Waals surface area contributed by atoms with E-state index in [-0.39, 0.29) is 0 Å². The highest BCUT2D eigenvalue weighted by Gasteiger charge is 2.57. The molecule has 0 aliphatic heterocycles. The molecule has 0 nitrogen and oxygen atoms in total. The molecular formula is C24H43B. The Kier molecular flexibility index (Phi) is 6.78. The number of unbranched alkanes of at least 4 members (excludes halogenated alkanes) is 3. The molecule has 0 saturated heterocycles. The average molecular weight is 342 g/mol. The van der Waals surface area contributed by atoms with Crippen LogP contribution in [-0.2, 0) is 0 Å². The summed E-state index contributed by atoms with van der Waals surface area (Å²) in [5.74, 6) is 4.95. The predicted molar refractivity (Wildman–Crippen MR) is 114 cm³/mol. The molecule has 0 N–H and O–H groups in total. The van der Waals surface area contributed by atoms with Crippen molar-refractivity contribution in [1.82, 2.24) is 0 Å². The minimum atomic E-state index is 0.648. The van der Waals surface area contributed by atoms with Crippen molar-refractivity contribution < 1.29 is 0 Å². The van der Waals surface area contributed by atoms with Gasteiger partial charge >= 0.3 is 0 Å². The maximum Gasteiger partial charge on any atom is 0.143 e. The molecule has 3 saturated carbocycles. The number of hydrogen-bond donors (Lipinski definition) is 0. The maximum absolute atomic E-state index is 2.62. The topological polar surface area (TPSA) is 0 Å². The van der Waals surface area contributed by atoms with E-state index in [2.05, 4.69) is 39.8 Å². The summed E-state index contributed by atoms with van der Waals surface area (Å²) in [7, 11) is 0. The minimum absolute atomic E-state index is 0.648. The maximum atomic E-state index is 2.62. The molecule has 0 aromatic carbocycles. The highest BCUT2D eigenvalue weighted by atomic mass is 14.6. The molecule has 0 spiro atoms. The SMILES string of the molecule is CCCCCCB(CCC1C=CCCC1)C1C[C@@H]2C[C@H](C1C)C2(C)C. The zero-order valence-corrected chi connectivity index (χ0v) is 17.6. The van der Waals surface area contributed by atoms with E-state index in [1.807, 2.05) is 0 Å². The van der Waals surface area contributed by atoms with Crippen LogP contribution in [0, 0.1) is 29.1 Å². The fourth-order valence-electron chi connectivity index (χ4n) is 6.77. The van der Waals surface area contributed by atoms with Gasteiger partial charge in [-0.15, -0.1) is 0 Å². The van der Waals surface area contributed by atoms with Crippen molar-refractivity contribution in [2.75, 3.05) is 0 Å². The van der Waals surface area contributed by atoms with Gasteiger partial charge in [0.2, 0.25) is 0 Å². The first-order valence-corrected chi connectivity index (χ1v) is 11.7. The normalized spacial score (nSPS) is 36.1. The van der Waals surface area contributed by atoms with E-state index >= 15 is 0 Å². The Bertz CT molecular complexity index is 437. The van der Waals surface area contributed by atoms with Gasteiger partial charge in [0.15, 0.2) is 0 Å². The van der Waals surface area contributed by atoms with Crippen molar-refractivity contribution >= 4 is 6.71 Å². The van der Waals surface area contributed by atoms with Crippen molar-refractivity contribution in [2.45, 2.75) is 110 Å². The van der Waals surface area contributed by atoms with E-state index in [9.17, 15) is 0 Å². The van der Waals surface area contributed by atoms with Crippen LogP contribution in [-0.4, -0.2) is 6.71 Å². The molecule has 0 heterocycles. The van der Waals surface area contributed by atoms with Crippen LogP contribution >= 0.6 is 0 Å². The molecule has 0 aromatic heterocycles. The summed E-state index contributed by atoms with van der Waals surface area (Å²) < 4.78 is 0. The van der Waals surface area contributed by atoms with E-state index in [0.717, 1.165) is 36.2 Å². The summed E-state index contributed by atoms with van der Waals surface area (Å²) in [6, 6.07) is 0. The first kappa shape index (κ1) is 19.6. The molecule has 3 fully saturated rings. The highest BCUT2D eigenvalue weighted by molar-refractivity contribution is 6.60. The number of allylic oxidation sites excluding steroid dienone is 2. The van der Waals surface area contributed by atoms with Gasteiger partial charge in [0.25, 0.3) is 0 Å². The van der Waals surface area contributed by atoms with Crippen LogP contribution in [0.3, 0.4) is 0 Å². The molecule has 142 valence electrons. The van der Waals surface area contributed by atoms with E-state index in [1.54, 1.807) is 12.8 Å². The number of fused-ring (bicyclic) bond motifs is 2. The molecule has 0 aromatic rings. The standard InChI is InChI=1S/C24H43B/c1-5-6-7-11-15-25(16-14-20-12-9-8-10-13-20)23-18-21-17-22(19(23)2)24(21,3)4/h9,12,19-23H,5-8,10-11,13-18H2,1-4H3/t19?,20?,21-,22+,23?/m0/s1. The Balaban J connectivity index is 1.57. The third-order valence-electron chi connectivity index (χ3n) is 8.71. The monoisotopic (exact) mass is 342 g/mol. The second-order valence-corrected chi connectivity index (χ2v) is 10.4. The summed E-state index contributed by atoms with van der Waals surface area (Å²) in [4.78, 5) is 0. The molecule has 4 aliphatic carbocycles. The van der Waals surface area contributed by atoms with Gasteiger partial charge < -0.3 is 0 Å². The van der Waals surface area contributed by atoms with E-state index in [0.29, 0.717) is 5.41 Å². The lowest BCUT2D eigenvalue weighted by Crippen LogP contribution is -2.55. The molecule has 3 unspecified atom stereocenters. The zero-order chi connectivity index (χ0) is 17.9. The van der Waals surface area contributed by atoms with Gasteiger partial charge in [-0.2, -0.15) is 0 Å². The Hall–Kier alpha value is -0.195. The second kappa shape index (κ2) is 8.66. The largest absolute Gasteiger partial charge is 0.143 e. The van der Waals surface area contributed by atoms with Gasteiger partial charge in [0.05, 0.1) is 0 Å². The van der Waals surface area contributed by atoms with Gasteiger partial charge in [0, 0.05) is 0 Å². The third kappa shape index (κ3) is 4.38. The molecule has 1 heteroatoms.